The maximum absolute atomic E-state index is 12.4. The number of rotatable bonds is 9. The molecule has 0 radical (unpaired) electrons. The van der Waals surface area contributed by atoms with Crippen molar-refractivity contribution < 1.29 is 9.53 Å². The van der Waals surface area contributed by atoms with Crippen LogP contribution in [0.15, 0.2) is 60.9 Å². The number of halogens is 1. The lowest BCUT2D eigenvalue weighted by atomic mass is 10.1. The Bertz CT molecular complexity index is 1230. The van der Waals surface area contributed by atoms with Gasteiger partial charge in [0.2, 0.25) is 0 Å². The first-order chi connectivity index (χ1) is 16.0. The number of carbonyl (C=O) groups is 1. The second-order valence-electron chi connectivity index (χ2n) is 8.01. The van der Waals surface area contributed by atoms with Crippen LogP contribution < -0.4 is 10.1 Å². The summed E-state index contributed by atoms with van der Waals surface area (Å²) in [6.07, 6.45) is 5.05. The number of pyridine rings is 1. The van der Waals surface area contributed by atoms with E-state index in [-0.39, 0.29) is 5.91 Å². The third kappa shape index (κ3) is 5.52. The second-order valence-corrected chi connectivity index (χ2v) is 8.39. The molecule has 0 aliphatic rings. The number of para-hydroxylation sites is 2. The van der Waals surface area contributed by atoms with E-state index in [0.717, 1.165) is 58.1 Å². The lowest BCUT2D eigenvalue weighted by Gasteiger charge is -2.12. The van der Waals surface area contributed by atoms with Crippen molar-refractivity contribution in [3.63, 3.8) is 0 Å². The molecule has 2 aromatic heterocycles. The number of hydrogen-bond acceptors (Lipinski definition) is 4. The van der Waals surface area contributed by atoms with Crippen molar-refractivity contribution in [3.8, 4) is 5.75 Å². The molecule has 4 rings (SSSR count). The number of aromatic nitrogens is 3. The minimum Gasteiger partial charge on any atom is -0.494 e. The molecular formula is C26H27ClN4O2. The summed E-state index contributed by atoms with van der Waals surface area (Å²) in [6, 6.07) is 15.4. The highest BCUT2D eigenvalue weighted by molar-refractivity contribution is 6.32. The molecule has 0 bridgehead atoms. The fraction of sp³-hybridized carbons (Fsp3) is 0.269. The molecule has 7 heteroatoms. The van der Waals surface area contributed by atoms with Crippen molar-refractivity contribution in [2.45, 2.75) is 39.8 Å². The summed E-state index contributed by atoms with van der Waals surface area (Å²) in [7, 11) is 0. The first kappa shape index (κ1) is 22.8. The Kier molecular flexibility index (Phi) is 7.25. The molecule has 2 heterocycles. The number of amides is 1. The minimum atomic E-state index is -0.141. The molecule has 0 spiro atoms. The SMILES string of the molecule is Cc1cc(OCCCCn2c(CNC(=O)c3ccncc3)nc3ccccc32)cc(C)c1Cl. The lowest BCUT2D eigenvalue weighted by molar-refractivity contribution is 0.0949. The summed E-state index contributed by atoms with van der Waals surface area (Å²) in [4.78, 5) is 21.1. The zero-order valence-electron chi connectivity index (χ0n) is 18.8. The highest BCUT2D eigenvalue weighted by atomic mass is 35.5. The summed E-state index contributed by atoms with van der Waals surface area (Å²) in [5.41, 5.74) is 4.62. The van der Waals surface area contributed by atoms with Gasteiger partial charge in [0.05, 0.1) is 24.2 Å². The van der Waals surface area contributed by atoms with Crippen LogP contribution in [0.25, 0.3) is 11.0 Å². The number of aryl methyl sites for hydroxylation is 3. The van der Waals surface area contributed by atoms with Crippen LogP contribution in [0.1, 0.15) is 40.2 Å². The van der Waals surface area contributed by atoms with Crippen LogP contribution in [0.5, 0.6) is 5.75 Å². The van der Waals surface area contributed by atoms with E-state index in [1.807, 2.05) is 44.2 Å². The van der Waals surface area contributed by atoms with Crippen LogP contribution in [0, 0.1) is 13.8 Å². The van der Waals surface area contributed by atoms with E-state index in [4.69, 9.17) is 21.3 Å². The predicted molar refractivity (Wildman–Crippen MR) is 131 cm³/mol. The van der Waals surface area contributed by atoms with Crippen LogP contribution in [0.3, 0.4) is 0 Å². The van der Waals surface area contributed by atoms with Crippen molar-refractivity contribution in [3.05, 3.63) is 88.5 Å². The van der Waals surface area contributed by atoms with Crippen LogP contribution in [-0.4, -0.2) is 27.0 Å². The number of nitrogens with one attached hydrogen (secondary N) is 1. The third-order valence-electron chi connectivity index (χ3n) is 5.54. The number of unbranched alkanes of at least 4 members (excludes halogenated alkanes) is 1. The van der Waals surface area contributed by atoms with E-state index >= 15 is 0 Å². The van der Waals surface area contributed by atoms with Gasteiger partial charge in [-0.3, -0.25) is 9.78 Å². The molecule has 0 saturated heterocycles. The van der Waals surface area contributed by atoms with Crippen molar-refractivity contribution in [2.24, 2.45) is 0 Å². The Labute approximate surface area is 198 Å². The van der Waals surface area contributed by atoms with Crippen molar-refractivity contribution in [1.82, 2.24) is 19.9 Å². The Balaban J connectivity index is 1.37. The summed E-state index contributed by atoms with van der Waals surface area (Å²) >= 11 is 6.24. The molecular weight excluding hydrogens is 436 g/mol. The summed E-state index contributed by atoms with van der Waals surface area (Å²) in [5.74, 6) is 1.54. The molecule has 0 atom stereocenters. The van der Waals surface area contributed by atoms with Crippen LogP contribution in [0.4, 0.5) is 0 Å². The van der Waals surface area contributed by atoms with Gasteiger partial charge in [0.15, 0.2) is 0 Å². The maximum Gasteiger partial charge on any atom is 0.251 e. The highest BCUT2D eigenvalue weighted by Crippen LogP contribution is 2.26. The Morgan fingerprint density at radius 3 is 2.55 bits per heavy atom. The standard InChI is InChI=1S/C26H27ClN4O2/c1-18-15-21(16-19(2)25(18)27)33-14-6-5-13-31-23-8-4-3-7-22(23)30-24(31)17-29-26(32)20-9-11-28-12-10-20/h3-4,7-12,15-16H,5-6,13-14,17H2,1-2H3,(H,29,32). The number of ether oxygens (including phenoxy) is 1. The number of fused-ring (bicyclic) bond motifs is 1. The van der Waals surface area contributed by atoms with Gasteiger partial charge in [-0.2, -0.15) is 0 Å². The van der Waals surface area contributed by atoms with Gasteiger partial charge in [-0.15, -0.1) is 0 Å². The van der Waals surface area contributed by atoms with Crippen LogP contribution in [-0.2, 0) is 13.1 Å². The van der Waals surface area contributed by atoms with Gasteiger partial charge in [0.1, 0.15) is 11.6 Å². The topological polar surface area (TPSA) is 69.0 Å². The number of hydrogen-bond donors (Lipinski definition) is 1. The van der Waals surface area contributed by atoms with E-state index in [1.165, 1.54) is 0 Å². The quantitative estimate of drug-likeness (QED) is 0.334. The third-order valence-corrected chi connectivity index (χ3v) is 6.13. The molecule has 1 amide bonds. The predicted octanol–water partition coefficient (Wildman–Crippen LogP) is 5.49. The smallest absolute Gasteiger partial charge is 0.251 e. The van der Waals surface area contributed by atoms with E-state index in [1.54, 1.807) is 24.5 Å². The van der Waals surface area contributed by atoms with Gasteiger partial charge >= 0.3 is 0 Å². The number of imidazole rings is 1. The molecule has 0 aliphatic carbocycles. The molecule has 170 valence electrons. The van der Waals surface area contributed by atoms with E-state index in [9.17, 15) is 4.79 Å². The van der Waals surface area contributed by atoms with Crippen LogP contribution >= 0.6 is 11.6 Å². The maximum atomic E-state index is 12.4. The average molecular weight is 463 g/mol. The monoisotopic (exact) mass is 462 g/mol. The average Bonchev–Trinajstić information content (AvgIpc) is 3.18. The lowest BCUT2D eigenvalue weighted by Crippen LogP contribution is -2.24. The van der Waals surface area contributed by atoms with Crippen molar-refractivity contribution in [1.29, 1.82) is 0 Å². The first-order valence-corrected chi connectivity index (χ1v) is 11.4. The second kappa shape index (κ2) is 10.5. The molecule has 4 aromatic rings. The Morgan fingerprint density at radius 1 is 1.06 bits per heavy atom. The molecule has 33 heavy (non-hydrogen) atoms. The first-order valence-electron chi connectivity index (χ1n) is 11.0. The van der Waals surface area contributed by atoms with Gasteiger partial charge in [-0.25, -0.2) is 4.98 Å². The molecule has 0 aliphatic heterocycles. The normalized spacial score (nSPS) is 11.0. The Hall–Kier alpha value is -3.38. The summed E-state index contributed by atoms with van der Waals surface area (Å²) in [6.45, 7) is 5.75. The molecule has 6 nitrogen and oxygen atoms in total. The van der Waals surface area contributed by atoms with Gasteiger partial charge in [-0.05, 0) is 74.2 Å². The van der Waals surface area contributed by atoms with Crippen LogP contribution in [0.2, 0.25) is 5.02 Å². The number of carbonyl (C=O) groups excluding carboxylic acids is 1. The van der Waals surface area contributed by atoms with Crippen molar-refractivity contribution >= 4 is 28.5 Å². The molecule has 0 saturated carbocycles. The molecule has 0 fully saturated rings. The molecule has 1 N–H and O–H groups in total. The summed E-state index contributed by atoms with van der Waals surface area (Å²) < 4.78 is 8.12. The zero-order chi connectivity index (χ0) is 23.2. The van der Waals surface area contributed by atoms with E-state index < -0.39 is 0 Å². The van der Waals surface area contributed by atoms with Gasteiger partial charge in [0.25, 0.3) is 5.91 Å². The fourth-order valence-corrected chi connectivity index (χ4v) is 3.94. The fourth-order valence-electron chi connectivity index (χ4n) is 3.83. The Morgan fingerprint density at radius 2 is 1.79 bits per heavy atom. The number of benzene rings is 2. The van der Waals surface area contributed by atoms with Gasteiger partial charge < -0.3 is 14.6 Å². The minimum absolute atomic E-state index is 0.141. The van der Waals surface area contributed by atoms with E-state index in [0.29, 0.717) is 18.7 Å². The van der Waals surface area contributed by atoms with Gasteiger partial charge in [0, 0.05) is 29.5 Å². The largest absolute Gasteiger partial charge is 0.494 e. The van der Waals surface area contributed by atoms with Gasteiger partial charge in [-0.1, -0.05) is 23.7 Å². The number of nitrogens with zero attached hydrogens (tertiary/aromatic N) is 3. The zero-order valence-corrected chi connectivity index (χ0v) is 19.6. The summed E-state index contributed by atoms with van der Waals surface area (Å²) in [5, 5.41) is 3.76. The molecule has 0 unspecified atom stereocenters. The van der Waals surface area contributed by atoms with E-state index in [2.05, 4.69) is 20.9 Å². The van der Waals surface area contributed by atoms with Crippen molar-refractivity contribution in [2.75, 3.05) is 6.61 Å². The highest BCUT2D eigenvalue weighted by Gasteiger charge is 2.12. The molecule has 2 aromatic carbocycles.